The van der Waals surface area contributed by atoms with E-state index in [-0.39, 0.29) is 6.04 Å². The number of aromatic nitrogens is 1. The zero-order valence-corrected chi connectivity index (χ0v) is 10.3. The van der Waals surface area contributed by atoms with E-state index in [1.165, 1.54) is 5.56 Å². The number of benzene rings is 1. The first-order valence-electron chi connectivity index (χ1n) is 5.34. The molecular formula is C13H14ClN3. The average Bonchev–Trinajstić information content (AvgIpc) is 2.35. The first-order valence-corrected chi connectivity index (χ1v) is 5.72. The van der Waals surface area contributed by atoms with Crippen LogP contribution in [0.15, 0.2) is 42.7 Å². The van der Waals surface area contributed by atoms with Gasteiger partial charge < -0.3 is 0 Å². The largest absolute Gasteiger partial charge is 0.271 e. The summed E-state index contributed by atoms with van der Waals surface area (Å²) in [7, 11) is 0. The topological polar surface area (TPSA) is 50.9 Å². The van der Waals surface area contributed by atoms with Crippen molar-refractivity contribution in [2.45, 2.75) is 13.0 Å². The summed E-state index contributed by atoms with van der Waals surface area (Å²) in [6, 6.07) is 9.93. The second-order valence-electron chi connectivity index (χ2n) is 3.91. The van der Waals surface area contributed by atoms with Gasteiger partial charge in [-0.3, -0.25) is 10.8 Å². The first kappa shape index (κ1) is 12.0. The molecule has 0 amide bonds. The van der Waals surface area contributed by atoms with Gasteiger partial charge in [0.05, 0.1) is 11.1 Å². The van der Waals surface area contributed by atoms with E-state index in [1.54, 1.807) is 12.4 Å². The molecule has 2 rings (SSSR count). The number of hydrogen-bond donors (Lipinski definition) is 2. The number of halogens is 1. The lowest BCUT2D eigenvalue weighted by Crippen LogP contribution is -2.29. The number of aryl methyl sites for hydroxylation is 1. The molecule has 1 aromatic carbocycles. The molecule has 1 unspecified atom stereocenters. The van der Waals surface area contributed by atoms with Crippen LogP contribution in [0.5, 0.6) is 0 Å². The van der Waals surface area contributed by atoms with Crippen molar-refractivity contribution in [1.82, 2.24) is 10.4 Å². The molecule has 0 saturated carbocycles. The van der Waals surface area contributed by atoms with Gasteiger partial charge in [0.1, 0.15) is 0 Å². The van der Waals surface area contributed by atoms with E-state index in [2.05, 4.69) is 22.5 Å². The van der Waals surface area contributed by atoms with Gasteiger partial charge in [-0.2, -0.15) is 0 Å². The number of hydrazine groups is 1. The Labute approximate surface area is 106 Å². The van der Waals surface area contributed by atoms with E-state index >= 15 is 0 Å². The molecule has 3 N–H and O–H groups in total. The zero-order valence-electron chi connectivity index (χ0n) is 9.52. The van der Waals surface area contributed by atoms with Gasteiger partial charge in [-0.15, -0.1) is 0 Å². The Balaban J connectivity index is 2.40. The molecule has 3 nitrogen and oxygen atoms in total. The minimum Gasteiger partial charge on any atom is -0.271 e. The molecule has 1 aromatic heterocycles. The second-order valence-corrected chi connectivity index (χ2v) is 4.31. The number of nitrogens with two attached hydrogens (primary N) is 1. The highest BCUT2D eigenvalue weighted by atomic mass is 35.5. The van der Waals surface area contributed by atoms with Crippen molar-refractivity contribution in [1.29, 1.82) is 0 Å². The van der Waals surface area contributed by atoms with Gasteiger partial charge >= 0.3 is 0 Å². The molecule has 0 radical (unpaired) electrons. The van der Waals surface area contributed by atoms with Crippen LogP contribution in [0.4, 0.5) is 0 Å². The van der Waals surface area contributed by atoms with Gasteiger partial charge in [-0.05, 0) is 24.1 Å². The summed E-state index contributed by atoms with van der Waals surface area (Å²) in [6.07, 6.45) is 3.33. The van der Waals surface area contributed by atoms with Crippen molar-refractivity contribution in [2.24, 2.45) is 5.84 Å². The van der Waals surface area contributed by atoms with E-state index in [0.29, 0.717) is 5.02 Å². The molecule has 17 heavy (non-hydrogen) atoms. The summed E-state index contributed by atoms with van der Waals surface area (Å²) in [4.78, 5) is 3.97. The maximum Gasteiger partial charge on any atom is 0.0725 e. The van der Waals surface area contributed by atoms with E-state index in [0.717, 1.165) is 11.1 Å². The third kappa shape index (κ3) is 2.64. The number of rotatable bonds is 3. The van der Waals surface area contributed by atoms with Crippen LogP contribution in [-0.2, 0) is 0 Å². The van der Waals surface area contributed by atoms with Crippen LogP contribution in [0.25, 0.3) is 0 Å². The number of pyridine rings is 1. The predicted octanol–water partition coefficient (Wildman–Crippen LogP) is 2.60. The predicted molar refractivity (Wildman–Crippen MR) is 69.6 cm³/mol. The lowest BCUT2D eigenvalue weighted by atomic mass is 9.99. The Kier molecular flexibility index (Phi) is 3.74. The summed E-state index contributed by atoms with van der Waals surface area (Å²) < 4.78 is 0. The molecule has 0 aliphatic heterocycles. The Bertz CT molecular complexity index is 496. The van der Waals surface area contributed by atoms with Gasteiger partial charge in [-0.1, -0.05) is 41.4 Å². The highest BCUT2D eigenvalue weighted by molar-refractivity contribution is 6.31. The minimum atomic E-state index is -0.119. The highest BCUT2D eigenvalue weighted by Gasteiger charge is 2.14. The molecule has 0 fully saturated rings. The summed E-state index contributed by atoms with van der Waals surface area (Å²) in [5.74, 6) is 5.61. The molecule has 0 bridgehead atoms. The summed E-state index contributed by atoms with van der Waals surface area (Å²) >= 11 is 6.12. The smallest absolute Gasteiger partial charge is 0.0725 e. The van der Waals surface area contributed by atoms with E-state index in [4.69, 9.17) is 17.4 Å². The Morgan fingerprint density at radius 2 is 1.94 bits per heavy atom. The van der Waals surface area contributed by atoms with Gasteiger partial charge in [0.2, 0.25) is 0 Å². The summed E-state index contributed by atoms with van der Waals surface area (Å²) in [5, 5.41) is 0.607. The first-order chi connectivity index (χ1) is 8.22. The van der Waals surface area contributed by atoms with Crippen molar-refractivity contribution in [3.8, 4) is 0 Å². The molecule has 0 aliphatic rings. The third-order valence-corrected chi connectivity index (χ3v) is 3.01. The van der Waals surface area contributed by atoms with Crippen molar-refractivity contribution >= 4 is 11.6 Å². The molecule has 88 valence electrons. The van der Waals surface area contributed by atoms with Crippen LogP contribution in [0.1, 0.15) is 22.7 Å². The van der Waals surface area contributed by atoms with Crippen LogP contribution >= 0.6 is 11.6 Å². The summed E-state index contributed by atoms with van der Waals surface area (Å²) in [5.41, 5.74) is 6.00. The van der Waals surface area contributed by atoms with E-state index in [1.807, 2.05) is 25.1 Å². The zero-order chi connectivity index (χ0) is 12.3. The lowest BCUT2D eigenvalue weighted by Gasteiger charge is -2.18. The molecule has 0 saturated heterocycles. The van der Waals surface area contributed by atoms with Crippen molar-refractivity contribution in [3.63, 3.8) is 0 Å². The lowest BCUT2D eigenvalue weighted by molar-refractivity contribution is 0.636. The van der Waals surface area contributed by atoms with Gasteiger partial charge in [0.15, 0.2) is 0 Å². The van der Waals surface area contributed by atoms with Gasteiger partial charge in [-0.25, -0.2) is 5.43 Å². The van der Waals surface area contributed by atoms with Crippen LogP contribution in [-0.4, -0.2) is 4.98 Å². The molecule has 0 aliphatic carbocycles. The summed E-state index contributed by atoms with van der Waals surface area (Å²) in [6.45, 7) is 2.05. The Morgan fingerprint density at radius 3 is 2.53 bits per heavy atom. The Morgan fingerprint density at radius 1 is 1.24 bits per heavy atom. The van der Waals surface area contributed by atoms with Gasteiger partial charge in [0.25, 0.3) is 0 Å². The fraction of sp³-hybridized carbons (Fsp3) is 0.154. The van der Waals surface area contributed by atoms with Crippen LogP contribution in [0.3, 0.4) is 0 Å². The van der Waals surface area contributed by atoms with E-state index in [9.17, 15) is 0 Å². The van der Waals surface area contributed by atoms with Crippen LogP contribution in [0, 0.1) is 6.92 Å². The number of nitrogens with zero attached hydrogens (tertiary/aromatic N) is 1. The average molecular weight is 248 g/mol. The monoisotopic (exact) mass is 247 g/mol. The second kappa shape index (κ2) is 5.27. The standard InChI is InChI=1S/C13H14ClN3/c1-9-2-4-10(5-3-9)13(17-15)11-6-7-16-8-12(11)14/h2-8,13,17H,15H2,1H3. The van der Waals surface area contributed by atoms with Crippen LogP contribution < -0.4 is 11.3 Å². The third-order valence-electron chi connectivity index (χ3n) is 2.69. The number of hydrogen-bond acceptors (Lipinski definition) is 3. The quantitative estimate of drug-likeness (QED) is 0.648. The Hall–Kier alpha value is -1.42. The fourth-order valence-electron chi connectivity index (χ4n) is 1.74. The highest BCUT2D eigenvalue weighted by Crippen LogP contribution is 2.26. The molecule has 2 aromatic rings. The SMILES string of the molecule is Cc1ccc(C(NN)c2ccncc2Cl)cc1. The minimum absolute atomic E-state index is 0.119. The molecule has 4 heteroatoms. The normalized spacial score (nSPS) is 12.4. The molecular weight excluding hydrogens is 234 g/mol. The number of nitrogens with one attached hydrogen (secondary N) is 1. The molecule has 0 spiro atoms. The van der Waals surface area contributed by atoms with Crippen molar-refractivity contribution in [3.05, 3.63) is 64.4 Å². The fourth-order valence-corrected chi connectivity index (χ4v) is 1.97. The molecule has 1 atom stereocenters. The van der Waals surface area contributed by atoms with Crippen molar-refractivity contribution in [2.75, 3.05) is 0 Å². The van der Waals surface area contributed by atoms with Crippen molar-refractivity contribution < 1.29 is 0 Å². The molecule has 1 heterocycles. The van der Waals surface area contributed by atoms with Crippen LogP contribution in [0.2, 0.25) is 5.02 Å². The van der Waals surface area contributed by atoms with Gasteiger partial charge in [0, 0.05) is 12.4 Å². The maximum absolute atomic E-state index is 6.12. The van der Waals surface area contributed by atoms with E-state index < -0.39 is 0 Å². The maximum atomic E-state index is 6.12.